The van der Waals surface area contributed by atoms with Crippen LogP contribution in [0, 0.1) is 5.41 Å². The summed E-state index contributed by atoms with van der Waals surface area (Å²) in [4.78, 5) is 18.5. The number of guanidine groups is 1. The summed E-state index contributed by atoms with van der Waals surface area (Å²) < 4.78 is 5.23. The van der Waals surface area contributed by atoms with E-state index in [9.17, 15) is 4.79 Å². The average molecular weight is 353 g/mol. The number of nitrogens with zero attached hydrogens (tertiary/aromatic N) is 2. The van der Waals surface area contributed by atoms with E-state index in [0.717, 1.165) is 32.0 Å². The van der Waals surface area contributed by atoms with Gasteiger partial charge in [-0.2, -0.15) is 0 Å². The Hall–Kier alpha value is -1.46. The summed E-state index contributed by atoms with van der Waals surface area (Å²) in [5.74, 6) is 1.000. The van der Waals surface area contributed by atoms with E-state index in [1.54, 1.807) is 0 Å². The molecule has 1 aliphatic carbocycles. The lowest BCUT2D eigenvalue weighted by molar-refractivity contribution is 0.0527. The molecule has 2 aliphatic rings. The largest absolute Gasteiger partial charge is 0.444 e. The van der Waals surface area contributed by atoms with Crippen LogP contribution in [0.25, 0.3) is 0 Å². The molecule has 0 radical (unpaired) electrons. The molecule has 1 heterocycles. The fourth-order valence-electron chi connectivity index (χ4n) is 3.95. The van der Waals surface area contributed by atoms with Crippen molar-refractivity contribution >= 4 is 12.1 Å². The van der Waals surface area contributed by atoms with Crippen molar-refractivity contribution in [2.75, 3.05) is 33.2 Å². The summed E-state index contributed by atoms with van der Waals surface area (Å²) in [6, 6.07) is 0. The minimum absolute atomic E-state index is 0.351. The van der Waals surface area contributed by atoms with Gasteiger partial charge in [-0.05, 0) is 51.9 Å². The van der Waals surface area contributed by atoms with Crippen molar-refractivity contribution in [2.45, 2.75) is 71.3 Å². The summed E-state index contributed by atoms with van der Waals surface area (Å²) >= 11 is 0. The van der Waals surface area contributed by atoms with E-state index in [4.69, 9.17) is 4.74 Å². The van der Waals surface area contributed by atoms with Gasteiger partial charge in [-0.1, -0.05) is 19.3 Å². The number of carbonyl (C=O) groups is 1. The Kier molecular flexibility index (Phi) is 6.96. The minimum Gasteiger partial charge on any atom is -0.444 e. The predicted molar refractivity (Wildman–Crippen MR) is 102 cm³/mol. The zero-order chi connectivity index (χ0) is 18.3. The number of hydrogen-bond donors (Lipinski definition) is 2. The van der Waals surface area contributed by atoms with Crippen molar-refractivity contribution in [3.63, 3.8) is 0 Å². The first kappa shape index (κ1) is 19.9. The van der Waals surface area contributed by atoms with Crippen LogP contribution in [0.2, 0.25) is 0 Å². The van der Waals surface area contributed by atoms with Crippen molar-refractivity contribution in [1.82, 2.24) is 15.5 Å². The molecule has 25 heavy (non-hydrogen) atoms. The van der Waals surface area contributed by atoms with E-state index >= 15 is 0 Å². The van der Waals surface area contributed by atoms with Crippen LogP contribution in [0.4, 0.5) is 4.79 Å². The molecule has 1 saturated heterocycles. The number of nitrogens with one attached hydrogen (secondary N) is 2. The van der Waals surface area contributed by atoms with Gasteiger partial charge in [0.2, 0.25) is 0 Å². The molecule has 1 saturated carbocycles. The molecule has 1 aliphatic heterocycles. The second-order valence-corrected chi connectivity index (χ2v) is 8.49. The summed E-state index contributed by atoms with van der Waals surface area (Å²) in [5.41, 5.74) is 0.0866. The minimum atomic E-state index is -0.449. The summed E-state index contributed by atoms with van der Waals surface area (Å²) in [6.07, 6.45) is 8.72. The monoisotopic (exact) mass is 352 g/mol. The lowest BCUT2D eigenvalue weighted by Crippen LogP contribution is -2.42. The molecule has 6 heteroatoms. The third-order valence-electron chi connectivity index (χ3n) is 5.17. The van der Waals surface area contributed by atoms with Gasteiger partial charge in [0.1, 0.15) is 5.60 Å². The Balaban J connectivity index is 1.65. The molecule has 2 rings (SSSR count). The number of aliphatic imine (C=N–C) groups is 1. The van der Waals surface area contributed by atoms with E-state index in [1.807, 2.05) is 27.8 Å². The molecule has 6 nitrogen and oxygen atoms in total. The van der Waals surface area contributed by atoms with Crippen molar-refractivity contribution in [2.24, 2.45) is 10.4 Å². The molecule has 0 aromatic rings. The summed E-state index contributed by atoms with van der Waals surface area (Å²) in [6.45, 7) is 9.25. The third kappa shape index (κ3) is 6.40. The van der Waals surface area contributed by atoms with Gasteiger partial charge < -0.3 is 20.3 Å². The molecule has 0 bridgehead atoms. The van der Waals surface area contributed by atoms with Crippen molar-refractivity contribution in [3.05, 3.63) is 0 Å². The Labute approximate surface area is 152 Å². The molecule has 144 valence electrons. The zero-order valence-corrected chi connectivity index (χ0v) is 16.5. The second kappa shape index (κ2) is 8.77. The van der Waals surface area contributed by atoms with Gasteiger partial charge in [0, 0.05) is 33.2 Å². The molecule has 2 fully saturated rings. The van der Waals surface area contributed by atoms with Gasteiger partial charge in [0.25, 0.3) is 0 Å². The van der Waals surface area contributed by atoms with E-state index in [1.165, 1.54) is 38.5 Å². The molecule has 0 unspecified atom stereocenters. The average Bonchev–Trinajstić information content (AvgIpc) is 2.93. The van der Waals surface area contributed by atoms with Gasteiger partial charge in [0.05, 0.1) is 0 Å². The van der Waals surface area contributed by atoms with E-state index in [2.05, 4.69) is 20.5 Å². The normalized spacial score (nSPS) is 20.6. The van der Waals surface area contributed by atoms with Crippen LogP contribution in [-0.4, -0.2) is 55.8 Å². The van der Waals surface area contributed by atoms with Crippen LogP contribution in [0.1, 0.15) is 65.7 Å². The maximum absolute atomic E-state index is 11.6. The SMILES string of the molecule is CN=C(NCCCNC(=O)OC(C)(C)C)N1CCC2(CCCCC2)C1. The van der Waals surface area contributed by atoms with E-state index in [-0.39, 0.29) is 6.09 Å². The highest BCUT2D eigenvalue weighted by molar-refractivity contribution is 5.80. The molecule has 0 aromatic heterocycles. The van der Waals surface area contributed by atoms with E-state index in [0.29, 0.717) is 12.0 Å². The fourth-order valence-corrected chi connectivity index (χ4v) is 3.95. The van der Waals surface area contributed by atoms with Crippen molar-refractivity contribution in [1.29, 1.82) is 0 Å². The van der Waals surface area contributed by atoms with Gasteiger partial charge in [-0.3, -0.25) is 4.99 Å². The number of alkyl carbamates (subject to hydrolysis) is 1. The van der Waals surface area contributed by atoms with E-state index < -0.39 is 5.60 Å². The smallest absolute Gasteiger partial charge is 0.407 e. The van der Waals surface area contributed by atoms with Crippen LogP contribution in [-0.2, 0) is 4.74 Å². The highest BCUT2D eigenvalue weighted by Crippen LogP contribution is 2.43. The van der Waals surface area contributed by atoms with Crippen LogP contribution in [0.15, 0.2) is 4.99 Å². The van der Waals surface area contributed by atoms with Crippen molar-refractivity contribution < 1.29 is 9.53 Å². The first-order chi connectivity index (χ1) is 11.8. The molecular weight excluding hydrogens is 316 g/mol. The van der Waals surface area contributed by atoms with Gasteiger partial charge >= 0.3 is 6.09 Å². The maximum atomic E-state index is 11.6. The molecular formula is C19H36N4O2. The molecule has 0 aromatic carbocycles. The predicted octanol–water partition coefficient (Wildman–Crippen LogP) is 3.13. The fraction of sp³-hybridized carbons (Fsp3) is 0.895. The topological polar surface area (TPSA) is 66.0 Å². The van der Waals surface area contributed by atoms with Crippen molar-refractivity contribution in [3.8, 4) is 0 Å². The van der Waals surface area contributed by atoms with Crippen LogP contribution in [0.3, 0.4) is 0 Å². The highest BCUT2D eigenvalue weighted by Gasteiger charge is 2.39. The third-order valence-corrected chi connectivity index (χ3v) is 5.17. The number of ether oxygens (including phenoxy) is 1. The first-order valence-electron chi connectivity index (χ1n) is 9.76. The van der Waals surface area contributed by atoms with Crippen LogP contribution < -0.4 is 10.6 Å². The van der Waals surface area contributed by atoms with Crippen LogP contribution >= 0.6 is 0 Å². The molecule has 0 atom stereocenters. The molecule has 2 N–H and O–H groups in total. The number of likely N-dealkylation sites (tertiary alicyclic amines) is 1. The lowest BCUT2D eigenvalue weighted by atomic mass is 9.73. The standard InChI is InChI=1S/C19H36N4O2/c1-18(2,3)25-17(24)22-13-8-12-21-16(20-4)23-14-11-19(15-23)9-6-5-7-10-19/h5-15H2,1-4H3,(H,20,21)(H,22,24). The highest BCUT2D eigenvalue weighted by atomic mass is 16.6. The molecule has 1 spiro atoms. The Morgan fingerprint density at radius 1 is 1.12 bits per heavy atom. The Morgan fingerprint density at radius 3 is 2.44 bits per heavy atom. The maximum Gasteiger partial charge on any atom is 0.407 e. The van der Waals surface area contributed by atoms with Gasteiger partial charge in [-0.15, -0.1) is 0 Å². The number of hydrogen-bond acceptors (Lipinski definition) is 3. The second-order valence-electron chi connectivity index (χ2n) is 8.49. The number of carbonyl (C=O) groups excluding carboxylic acids is 1. The zero-order valence-electron chi connectivity index (χ0n) is 16.5. The van der Waals surface area contributed by atoms with Gasteiger partial charge in [0.15, 0.2) is 5.96 Å². The Morgan fingerprint density at radius 2 is 1.80 bits per heavy atom. The van der Waals surface area contributed by atoms with Gasteiger partial charge in [-0.25, -0.2) is 4.79 Å². The quantitative estimate of drug-likeness (QED) is 0.463. The lowest BCUT2D eigenvalue weighted by Gasteiger charge is -2.33. The number of rotatable bonds is 4. The summed E-state index contributed by atoms with van der Waals surface area (Å²) in [7, 11) is 1.85. The summed E-state index contributed by atoms with van der Waals surface area (Å²) in [5, 5.41) is 6.23. The first-order valence-corrected chi connectivity index (χ1v) is 9.76. The van der Waals surface area contributed by atoms with Crippen LogP contribution in [0.5, 0.6) is 0 Å². The number of amides is 1. The molecule has 1 amide bonds. The Bertz CT molecular complexity index is 465.